The van der Waals surface area contributed by atoms with Gasteiger partial charge in [0.25, 0.3) is 0 Å². The number of benzene rings is 2. The zero-order chi connectivity index (χ0) is 16.3. The van der Waals surface area contributed by atoms with Crippen molar-refractivity contribution in [3.05, 3.63) is 65.7 Å². The molecule has 5 heteroatoms. The molecule has 0 aliphatic rings. The van der Waals surface area contributed by atoms with Crippen LogP contribution in [0, 0.1) is 0 Å². The van der Waals surface area contributed by atoms with Crippen LogP contribution in [0.2, 0.25) is 0 Å². The maximum Gasteiger partial charge on any atom is 0.336 e. The summed E-state index contributed by atoms with van der Waals surface area (Å²) in [6, 6.07) is 15.1. The molecule has 0 atom stereocenters. The van der Waals surface area contributed by atoms with Crippen molar-refractivity contribution in [3.63, 3.8) is 0 Å². The van der Waals surface area contributed by atoms with Gasteiger partial charge in [-0.2, -0.15) is 0 Å². The molecular weight excluding hydrogens is 300 g/mol. The zero-order valence-corrected chi connectivity index (χ0v) is 13.1. The topological polar surface area (TPSA) is 71.4 Å². The molecule has 0 saturated heterocycles. The van der Waals surface area contributed by atoms with Crippen LogP contribution in [0.5, 0.6) is 0 Å². The summed E-state index contributed by atoms with van der Waals surface area (Å²) in [5.41, 5.74) is 2.07. The minimum atomic E-state index is -3.27. The maximum atomic E-state index is 11.6. The molecule has 2 aromatic rings. The number of sulfone groups is 1. The second kappa shape index (κ2) is 6.15. The van der Waals surface area contributed by atoms with E-state index < -0.39 is 15.8 Å². The highest BCUT2D eigenvalue weighted by molar-refractivity contribution is 7.90. The summed E-state index contributed by atoms with van der Waals surface area (Å²) >= 11 is 0. The van der Waals surface area contributed by atoms with Gasteiger partial charge in [-0.3, -0.25) is 0 Å². The Bertz CT molecular complexity index is 817. The second-order valence-corrected chi connectivity index (χ2v) is 6.98. The first-order valence-corrected chi connectivity index (χ1v) is 8.50. The molecule has 0 amide bonds. The third-order valence-corrected chi connectivity index (χ3v) is 4.50. The van der Waals surface area contributed by atoms with E-state index in [0.29, 0.717) is 16.7 Å². The van der Waals surface area contributed by atoms with E-state index in [4.69, 9.17) is 0 Å². The lowest BCUT2D eigenvalue weighted by Gasteiger charge is -2.10. The van der Waals surface area contributed by atoms with Gasteiger partial charge < -0.3 is 5.11 Å². The van der Waals surface area contributed by atoms with Crippen LogP contribution in [-0.4, -0.2) is 25.7 Å². The Kier molecular flexibility index (Phi) is 4.47. The normalized spacial score (nSPS) is 12.6. The van der Waals surface area contributed by atoms with Gasteiger partial charge in [0.2, 0.25) is 0 Å². The van der Waals surface area contributed by atoms with Crippen LogP contribution in [0.1, 0.15) is 18.1 Å². The summed E-state index contributed by atoms with van der Waals surface area (Å²) in [5.74, 6) is -1.02. The summed E-state index contributed by atoms with van der Waals surface area (Å²) in [4.78, 5) is 11.8. The van der Waals surface area contributed by atoms with Crippen molar-refractivity contribution in [3.8, 4) is 0 Å². The number of rotatable bonds is 4. The fourth-order valence-electron chi connectivity index (χ4n) is 2.20. The molecule has 0 saturated carbocycles. The van der Waals surface area contributed by atoms with Crippen LogP contribution in [-0.2, 0) is 14.6 Å². The predicted molar refractivity (Wildman–Crippen MR) is 86.1 cm³/mol. The monoisotopic (exact) mass is 316 g/mol. The van der Waals surface area contributed by atoms with Crippen molar-refractivity contribution in [2.24, 2.45) is 0 Å². The average Bonchev–Trinajstić information content (AvgIpc) is 2.47. The van der Waals surface area contributed by atoms with Crippen molar-refractivity contribution in [1.82, 2.24) is 0 Å². The maximum absolute atomic E-state index is 11.6. The summed E-state index contributed by atoms with van der Waals surface area (Å²) in [6.07, 6.45) is 1.14. The highest BCUT2D eigenvalue weighted by Crippen LogP contribution is 2.27. The molecule has 0 unspecified atom stereocenters. The number of carbonyl (C=O) groups is 1. The SMILES string of the molecule is CC(=C(C(=O)O)c1ccccc1)c1ccc(S(C)(=O)=O)cc1. The highest BCUT2D eigenvalue weighted by atomic mass is 32.2. The summed E-state index contributed by atoms with van der Waals surface area (Å²) < 4.78 is 22.9. The number of aliphatic carboxylic acids is 1. The third kappa shape index (κ3) is 3.43. The standard InChI is InChI=1S/C17H16O4S/c1-12(13-8-10-15(11-9-13)22(2,20)21)16(17(18)19)14-6-4-3-5-7-14/h3-11H,1-2H3,(H,18,19). The molecule has 2 aromatic carbocycles. The number of hydrogen-bond acceptors (Lipinski definition) is 3. The van der Waals surface area contributed by atoms with Crippen LogP contribution in [0.15, 0.2) is 59.5 Å². The van der Waals surface area contributed by atoms with Gasteiger partial charge in [0.15, 0.2) is 9.84 Å². The molecule has 1 N–H and O–H groups in total. The average molecular weight is 316 g/mol. The highest BCUT2D eigenvalue weighted by Gasteiger charge is 2.15. The first-order valence-electron chi connectivity index (χ1n) is 6.61. The van der Waals surface area contributed by atoms with E-state index >= 15 is 0 Å². The van der Waals surface area contributed by atoms with E-state index in [-0.39, 0.29) is 10.5 Å². The summed E-state index contributed by atoms with van der Waals surface area (Å²) in [6.45, 7) is 1.71. The van der Waals surface area contributed by atoms with Crippen LogP contribution >= 0.6 is 0 Å². The largest absolute Gasteiger partial charge is 0.478 e. The molecule has 0 heterocycles. The Hall–Kier alpha value is -2.40. The zero-order valence-electron chi connectivity index (χ0n) is 12.3. The Balaban J connectivity index is 2.55. The van der Waals surface area contributed by atoms with E-state index in [1.165, 1.54) is 12.1 Å². The van der Waals surface area contributed by atoms with Gasteiger partial charge in [0, 0.05) is 6.26 Å². The first kappa shape index (κ1) is 16.0. The fraction of sp³-hybridized carbons (Fsp3) is 0.118. The number of carboxylic acids is 1. The van der Waals surface area contributed by atoms with Crippen molar-refractivity contribution < 1.29 is 18.3 Å². The molecule has 114 valence electrons. The smallest absolute Gasteiger partial charge is 0.336 e. The van der Waals surface area contributed by atoms with E-state index in [0.717, 1.165) is 6.26 Å². The quantitative estimate of drug-likeness (QED) is 0.695. The Morgan fingerprint density at radius 3 is 1.91 bits per heavy atom. The van der Waals surface area contributed by atoms with Gasteiger partial charge in [-0.1, -0.05) is 42.5 Å². The number of hydrogen-bond donors (Lipinski definition) is 1. The molecule has 22 heavy (non-hydrogen) atoms. The van der Waals surface area contributed by atoms with Crippen LogP contribution in [0.3, 0.4) is 0 Å². The number of allylic oxidation sites excluding steroid dienone is 1. The Morgan fingerprint density at radius 2 is 1.45 bits per heavy atom. The molecule has 0 aliphatic carbocycles. The van der Waals surface area contributed by atoms with Crippen molar-refractivity contribution >= 4 is 27.0 Å². The molecule has 0 aromatic heterocycles. The Labute approximate surface area is 129 Å². The van der Waals surface area contributed by atoms with Gasteiger partial charge in [0.05, 0.1) is 10.5 Å². The number of carboxylic acid groups (broad SMARTS) is 1. The van der Waals surface area contributed by atoms with Crippen molar-refractivity contribution in [2.45, 2.75) is 11.8 Å². The lowest BCUT2D eigenvalue weighted by Crippen LogP contribution is -2.03. The first-order chi connectivity index (χ1) is 10.3. The summed E-state index contributed by atoms with van der Waals surface area (Å²) in [5, 5.41) is 9.49. The van der Waals surface area contributed by atoms with Crippen molar-refractivity contribution in [2.75, 3.05) is 6.26 Å². The van der Waals surface area contributed by atoms with Crippen LogP contribution < -0.4 is 0 Å². The van der Waals surface area contributed by atoms with Gasteiger partial charge in [-0.05, 0) is 35.8 Å². The van der Waals surface area contributed by atoms with E-state index in [1.807, 2.05) is 6.07 Å². The lowest BCUT2D eigenvalue weighted by molar-refractivity contribution is -0.130. The van der Waals surface area contributed by atoms with Crippen LogP contribution in [0.25, 0.3) is 11.1 Å². The van der Waals surface area contributed by atoms with Gasteiger partial charge >= 0.3 is 5.97 Å². The minimum Gasteiger partial charge on any atom is -0.478 e. The van der Waals surface area contributed by atoms with Gasteiger partial charge in [0.1, 0.15) is 0 Å². The van der Waals surface area contributed by atoms with Crippen molar-refractivity contribution in [1.29, 1.82) is 0 Å². The Morgan fingerprint density at radius 1 is 0.909 bits per heavy atom. The minimum absolute atomic E-state index is 0.202. The fourth-order valence-corrected chi connectivity index (χ4v) is 2.83. The van der Waals surface area contributed by atoms with Gasteiger partial charge in [-0.25, -0.2) is 13.2 Å². The molecule has 4 nitrogen and oxygen atoms in total. The van der Waals surface area contributed by atoms with E-state index in [1.54, 1.807) is 43.3 Å². The molecule has 0 spiro atoms. The lowest BCUT2D eigenvalue weighted by atomic mass is 9.96. The molecule has 2 rings (SSSR count). The molecule has 0 radical (unpaired) electrons. The van der Waals surface area contributed by atoms with Crippen LogP contribution in [0.4, 0.5) is 0 Å². The van der Waals surface area contributed by atoms with E-state index in [2.05, 4.69) is 0 Å². The third-order valence-electron chi connectivity index (χ3n) is 3.37. The predicted octanol–water partition coefficient (Wildman–Crippen LogP) is 3.11. The van der Waals surface area contributed by atoms with Gasteiger partial charge in [-0.15, -0.1) is 0 Å². The summed E-state index contributed by atoms with van der Waals surface area (Å²) in [7, 11) is -3.27. The molecule has 0 bridgehead atoms. The molecule has 0 aliphatic heterocycles. The molecule has 0 fully saturated rings. The second-order valence-electron chi connectivity index (χ2n) is 4.97. The van der Waals surface area contributed by atoms with E-state index in [9.17, 15) is 18.3 Å². The molecular formula is C17H16O4S.